The van der Waals surface area contributed by atoms with Crippen LogP contribution in [0.4, 0.5) is 0 Å². The van der Waals surface area contributed by atoms with Crippen LogP contribution < -0.4 is 0 Å². The predicted octanol–water partition coefficient (Wildman–Crippen LogP) is 2.70. The maximum Gasteiger partial charge on any atom is 0.147 e. The molecule has 0 aromatic heterocycles. The third-order valence-corrected chi connectivity index (χ3v) is 2.88. The van der Waals surface area contributed by atoms with Crippen LogP contribution in [0.3, 0.4) is 0 Å². The molecule has 0 saturated heterocycles. The molecule has 0 bridgehead atoms. The SMILES string of the molecule is Cc1cccc2c1CC(C=O)=C2Cl. The first-order valence-electron chi connectivity index (χ1n) is 4.16. The second kappa shape index (κ2) is 3.00. The van der Waals surface area contributed by atoms with Crippen LogP contribution in [0.5, 0.6) is 0 Å². The molecule has 0 saturated carbocycles. The Hall–Kier alpha value is -1.08. The zero-order valence-corrected chi connectivity index (χ0v) is 8.06. The molecule has 0 heterocycles. The fourth-order valence-corrected chi connectivity index (χ4v) is 1.97. The number of hydrogen-bond donors (Lipinski definition) is 0. The molecule has 1 aromatic carbocycles. The van der Waals surface area contributed by atoms with Crippen LogP contribution in [-0.4, -0.2) is 6.29 Å². The van der Waals surface area contributed by atoms with Gasteiger partial charge in [-0.2, -0.15) is 0 Å². The van der Waals surface area contributed by atoms with E-state index in [4.69, 9.17) is 11.6 Å². The fourth-order valence-electron chi connectivity index (χ4n) is 1.68. The lowest BCUT2D eigenvalue weighted by Crippen LogP contribution is -1.88. The van der Waals surface area contributed by atoms with E-state index in [9.17, 15) is 4.79 Å². The van der Waals surface area contributed by atoms with Crippen LogP contribution in [0.25, 0.3) is 5.03 Å². The molecule has 0 N–H and O–H groups in total. The minimum Gasteiger partial charge on any atom is -0.298 e. The summed E-state index contributed by atoms with van der Waals surface area (Å²) in [6.07, 6.45) is 1.53. The molecule has 2 rings (SSSR count). The standard InChI is InChI=1S/C11H9ClO/c1-7-3-2-4-9-10(7)5-8(6-13)11(9)12/h2-4,6H,5H2,1H3. The third kappa shape index (κ3) is 1.20. The molecule has 0 aliphatic heterocycles. The van der Waals surface area contributed by atoms with Crippen molar-refractivity contribution >= 4 is 22.9 Å². The van der Waals surface area contributed by atoms with Crippen LogP contribution in [-0.2, 0) is 11.2 Å². The fraction of sp³-hybridized carbons (Fsp3) is 0.182. The molecule has 66 valence electrons. The van der Waals surface area contributed by atoms with Gasteiger partial charge in [-0.1, -0.05) is 29.8 Å². The van der Waals surface area contributed by atoms with E-state index in [0.717, 1.165) is 11.8 Å². The number of benzene rings is 1. The Bertz CT molecular complexity index is 405. The lowest BCUT2D eigenvalue weighted by Gasteiger charge is -2.02. The van der Waals surface area contributed by atoms with Gasteiger partial charge in [0.25, 0.3) is 0 Å². The average Bonchev–Trinajstić information content (AvgIpc) is 2.45. The van der Waals surface area contributed by atoms with E-state index in [0.29, 0.717) is 17.0 Å². The molecule has 0 fully saturated rings. The van der Waals surface area contributed by atoms with Gasteiger partial charge in [0, 0.05) is 12.0 Å². The van der Waals surface area contributed by atoms with Crippen molar-refractivity contribution in [2.45, 2.75) is 13.3 Å². The number of rotatable bonds is 1. The lowest BCUT2D eigenvalue weighted by atomic mass is 10.0. The highest BCUT2D eigenvalue weighted by molar-refractivity contribution is 6.51. The Kier molecular flexibility index (Phi) is 1.97. The number of aryl methyl sites for hydroxylation is 1. The van der Waals surface area contributed by atoms with Gasteiger partial charge in [-0.3, -0.25) is 4.79 Å². The third-order valence-electron chi connectivity index (χ3n) is 2.44. The summed E-state index contributed by atoms with van der Waals surface area (Å²) in [5, 5.41) is 0.619. The summed E-state index contributed by atoms with van der Waals surface area (Å²) >= 11 is 6.03. The van der Waals surface area contributed by atoms with Gasteiger partial charge in [0.15, 0.2) is 0 Å². The zero-order chi connectivity index (χ0) is 9.42. The molecule has 0 atom stereocenters. The first-order valence-corrected chi connectivity index (χ1v) is 4.54. The Morgan fingerprint density at radius 1 is 1.46 bits per heavy atom. The summed E-state index contributed by atoms with van der Waals surface area (Å²) in [6.45, 7) is 2.04. The zero-order valence-electron chi connectivity index (χ0n) is 7.30. The Labute approximate surface area is 82.0 Å². The first kappa shape index (κ1) is 8.52. The molecule has 1 aliphatic rings. The molecule has 2 heteroatoms. The van der Waals surface area contributed by atoms with Crippen LogP contribution in [0.2, 0.25) is 0 Å². The highest BCUT2D eigenvalue weighted by atomic mass is 35.5. The minimum atomic E-state index is 0.619. The summed E-state index contributed by atoms with van der Waals surface area (Å²) in [4.78, 5) is 10.7. The van der Waals surface area contributed by atoms with E-state index in [-0.39, 0.29) is 0 Å². The van der Waals surface area contributed by atoms with E-state index in [1.165, 1.54) is 11.1 Å². The molecule has 0 unspecified atom stereocenters. The van der Waals surface area contributed by atoms with E-state index >= 15 is 0 Å². The van der Waals surface area contributed by atoms with Gasteiger partial charge in [0.05, 0.1) is 5.03 Å². The average molecular weight is 193 g/mol. The summed E-state index contributed by atoms with van der Waals surface area (Å²) in [6, 6.07) is 5.96. The van der Waals surface area contributed by atoms with E-state index in [2.05, 4.69) is 0 Å². The van der Waals surface area contributed by atoms with Crippen LogP contribution in [0.1, 0.15) is 16.7 Å². The number of halogens is 1. The van der Waals surface area contributed by atoms with Gasteiger partial charge in [-0.15, -0.1) is 0 Å². The smallest absolute Gasteiger partial charge is 0.147 e. The van der Waals surface area contributed by atoms with Crippen molar-refractivity contribution in [1.82, 2.24) is 0 Å². The van der Waals surface area contributed by atoms with Crippen molar-refractivity contribution in [2.75, 3.05) is 0 Å². The molecule has 1 aromatic rings. The molecule has 1 aliphatic carbocycles. The lowest BCUT2D eigenvalue weighted by molar-refractivity contribution is -0.104. The quantitative estimate of drug-likeness (QED) is 0.626. The predicted molar refractivity (Wildman–Crippen MR) is 53.7 cm³/mol. The number of fused-ring (bicyclic) bond motifs is 1. The summed E-state index contributed by atoms with van der Waals surface area (Å²) in [5.41, 5.74) is 4.11. The van der Waals surface area contributed by atoms with Crippen LogP contribution >= 0.6 is 11.6 Å². The number of aldehydes is 1. The molecule has 0 radical (unpaired) electrons. The molecule has 0 amide bonds. The van der Waals surface area contributed by atoms with Gasteiger partial charge in [0.2, 0.25) is 0 Å². The molecule has 13 heavy (non-hydrogen) atoms. The largest absolute Gasteiger partial charge is 0.298 e. The monoisotopic (exact) mass is 192 g/mol. The van der Waals surface area contributed by atoms with E-state index < -0.39 is 0 Å². The van der Waals surface area contributed by atoms with Gasteiger partial charge in [-0.25, -0.2) is 0 Å². The van der Waals surface area contributed by atoms with Gasteiger partial charge in [0.1, 0.15) is 6.29 Å². The number of carbonyl (C=O) groups is 1. The highest BCUT2D eigenvalue weighted by Crippen LogP contribution is 2.35. The van der Waals surface area contributed by atoms with Gasteiger partial charge in [-0.05, 0) is 23.6 Å². The van der Waals surface area contributed by atoms with Crippen LogP contribution in [0.15, 0.2) is 23.8 Å². The minimum absolute atomic E-state index is 0.619. The molecule has 0 spiro atoms. The maximum absolute atomic E-state index is 10.7. The Morgan fingerprint density at radius 3 is 2.85 bits per heavy atom. The summed E-state index contributed by atoms with van der Waals surface area (Å²) in [5.74, 6) is 0. The van der Waals surface area contributed by atoms with Crippen molar-refractivity contribution in [2.24, 2.45) is 0 Å². The number of carbonyl (C=O) groups excluding carboxylic acids is 1. The van der Waals surface area contributed by atoms with E-state index in [1.54, 1.807) is 0 Å². The van der Waals surface area contributed by atoms with Crippen molar-refractivity contribution in [3.05, 3.63) is 40.5 Å². The normalized spacial score (nSPS) is 14.6. The van der Waals surface area contributed by atoms with Crippen molar-refractivity contribution < 1.29 is 4.79 Å². The number of hydrogen-bond acceptors (Lipinski definition) is 1. The van der Waals surface area contributed by atoms with Crippen molar-refractivity contribution in [3.63, 3.8) is 0 Å². The van der Waals surface area contributed by atoms with Crippen molar-refractivity contribution in [1.29, 1.82) is 0 Å². The number of allylic oxidation sites excluding steroid dienone is 1. The van der Waals surface area contributed by atoms with Gasteiger partial charge >= 0.3 is 0 Å². The second-order valence-electron chi connectivity index (χ2n) is 3.23. The van der Waals surface area contributed by atoms with Gasteiger partial charge < -0.3 is 0 Å². The Balaban J connectivity index is 2.61. The van der Waals surface area contributed by atoms with E-state index in [1.807, 2.05) is 25.1 Å². The topological polar surface area (TPSA) is 17.1 Å². The molecule has 1 nitrogen and oxygen atoms in total. The molecular formula is C11H9ClO. The Morgan fingerprint density at radius 2 is 2.23 bits per heavy atom. The maximum atomic E-state index is 10.7. The van der Waals surface area contributed by atoms with Crippen molar-refractivity contribution in [3.8, 4) is 0 Å². The second-order valence-corrected chi connectivity index (χ2v) is 3.61. The highest BCUT2D eigenvalue weighted by Gasteiger charge is 2.20. The summed E-state index contributed by atoms with van der Waals surface area (Å²) in [7, 11) is 0. The first-order chi connectivity index (χ1) is 6.24. The van der Waals surface area contributed by atoms with Crippen LogP contribution in [0, 0.1) is 6.92 Å². The molecular weight excluding hydrogens is 184 g/mol. The summed E-state index contributed by atoms with van der Waals surface area (Å²) < 4.78 is 0.